The van der Waals surface area contributed by atoms with E-state index in [0.717, 1.165) is 11.3 Å². The van der Waals surface area contributed by atoms with Gasteiger partial charge in [0.15, 0.2) is 0 Å². The van der Waals surface area contributed by atoms with Crippen molar-refractivity contribution < 1.29 is 9.59 Å². The molecule has 0 saturated heterocycles. The van der Waals surface area contributed by atoms with E-state index in [-0.39, 0.29) is 17.7 Å². The number of carbonyl (C=O) groups is 2. The van der Waals surface area contributed by atoms with Gasteiger partial charge in [0.2, 0.25) is 11.8 Å². The fourth-order valence-corrected chi connectivity index (χ4v) is 2.32. The third-order valence-corrected chi connectivity index (χ3v) is 3.61. The van der Waals surface area contributed by atoms with Gasteiger partial charge in [-0.1, -0.05) is 49.4 Å². The molecule has 23 heavy (non-hydrogen) atoms. The molecule has 0 radical (unpaired) electrons. The van der Waals surface area contributed by atoms with E-state index < -0.39 is 0 Å². The Labute approximate surface area is 136 Å². The molecule has 2 aromatic rings. The second-order valence-electron chi connectivity index (χ2n) is 5.67. The van der Waals surface area contributed by atoms with Gasteiger partial charge >= 0.3 is 0 Å². The van der Waals surface area contributed by atoms with E-state index in [2.05, 4.69) is 29.7 Å². The lowest BCUT2D eigenvalue weighted by Crippen LogP contribution is -2.28. The van der Waals surface area contributed by atoms with Crippen molar-refractivity contribution in [2.75, 3.05) is 11.9 Å². The van der Waals surface area contributed by atoms with Gasteiger partial charge in [-0.15, -0.1) is 0 Å². The molecule has 0 unspecified atom stereocenters. The van der Waals surface area contributed by atoms with Crippen LogP contribution in [0.4, 0.5) is 5.69 Å². The Morgan fingerprint density at radius 3 is 2.26 bits per heavy atom. The summed E-state index contributed by atoms with van der Waals surface area (Å²) in [7, 11) is 0. The summed E-state index contributed by atoms with van der Waals surface area (Å²) in [6.07, 6.45) is 0.335. The molecule has 0 aromatic heterocycles. The van der Waals surface area contributed by atoms with Gasteiger partial charge in [0.1, 0.15) is 0 Å². The molecule has 0 fully saturated rings. The number of benzene rings is 2. The Balaban J connectivity index is 1.81. The molecule has 0 aliphatic carbocycles. The summed E-state index contributed by atoms with van der Waals surface area (Å²) in [5, 5.41) is 5.67. The van der Waals surface area contributed by atoms with Crippen LogP contribution in [0, 0.1) is 0 Å². The van der Waals surface area contributed by atoms with Crippen molar-refractivity contribution in [3.05, 3.63) is 65.7 Å². The molecule has 120 valence electrons. The fraction of sp³-hybridized carbons (Fsp3) is 0.263. The van der Waals surface area contributed by atoms with Crippen molar-refractivity contribution in [1.82, 2.24) is 5.32 Å². The van der Waals surface area contributed by atoms with Gasteiger partial charge in [0, 0.05) is 19.2 Å². The molecular formula is C19H22N2O2. The predicted octanol–water partition coefficient (Wildman–Crippen LogP) is 3.11. The largest absolute Gasteiger partial charge is 0.355 e. The van der Waals surface area contributed by atoms with E-state index in [1.54, 1.807) is 12.1 Å². The zero-order chi connectivity index (χ0) is 16.7. The second kappa shape index (κ2) is 8.13. The van der Waals surface area contributed by atoms with Crippen molar-refractivity contribution in [3.63, 3.8) is 0 Å². The van der Waals surface area contributed by atoms with Gasteiger partial charge in [0.25, 0.3) is 0 Å². The number of amides is 2. The standard InChI is InChI=1S/C19H22N2O2/c1-14(17-6-4-3-5-7-17)13-20-19(23)12-16-8-10-18(11-9-16)21-15(2)22/h3-11,14H,12-13H2,1-2H3,(H,20,23)(H,21,22)/t14-/m1/s1. The van der Waals surface area contributed by atoms with Gasteiger partial charge in [-0.05, 0) is 29.2 Å². The van der Waals surface area contributed by atoms with E-state index in [0.29, 0.717) is 13.0 Å². The van der Waals surface area contributed by atoms with Crippen LogP contribution in [0.1, 0.15) is 30.9 Å². The lowest BCUT2D eigenvalue weighted by Gasteiger charge is -2.13. The van der Waals surface area contributed by atoms with Crippen molar-refractivity contribution in [2.45, 2.75) is 26.2 Å². The lowest BCUT2D eigenvalue weighted by atomic mass is 10.0. The smallest absolute Gasteiger partial charge is 0.224 e. The average molecular weight is 310 g/mol. The normalized spacial score (nSPS) is 11.6. The SMILES string of the molecule is CC(=O)Nc1ccc(CC(=O)NC[C@@H](C)c2ccccc2)cc1. The molecule has 0 heterocycles. The first-order valence-electron chi connectivity index (χ1n) is 7.73. The Morgan fingerprint density at radius 1 is 1.00 bits per heavy atom. The number of hydrogen-bond acceptors (Lipinski definition) is 2. The van der Waals surface area contributed by atoms with Crippen LogP contribution < -0.4 is 10.6 Å². The van der Waals surface area contributed by atoms with Gasteiger partial charge in [-0.3, -0.25) is 9.59 Å². The molecule has 1 atom stereocenters. The van der Waals surface area contributed by atoms with E-state index in [1.807, 2.05) is 30.3 Å². The zero-order valence-corrected chi connectivity index (χ0v) is 13.5. The highest BCUT2D eigenvalue weighted by Crippen LogP contribution is 2.13. The third kappa shape index (κ3) is 5.58. The minimum atomic E-state index is -0.106. The molecule has 4 nitrogen and oxygen atoms in total. The first kappa shape index (κ1) is 16.7. The molecule has 2 amide bonds. The van der Waals surface area contributed by atoms with Crippen molar-refractivity contribution >= 4 is 17.5 Å². The van der Waals surface area contributed by atoms with Crippen LogP contribution in [0.3, 0.4) is 0 Å². The third-order valence-electron chi connectivity index (χ3n) is 3.61. The molecule has 4 heteroatoms. The van der Waals surface area contributed by atoms with Crippen molar-refractivity contribution in [2.24, 2.45) is 0 Å². The van der Waals surface area contributed by atoms with Gasteiger partial charge in [-0.2, -0.15) is 0 Å². The summed E-state index contributed by atoms with van der Waals surface area (Å²) in [5.41, 5.74) is 2.87. The Hall–Kier alpha value is -2.62. The number of anilines is 1. The van der Waals surface area contributed by atoms with Crippen molar-refractivity contribution in [1.29, 1.82) is 0 Å². The quantitative estimate of drug-likeness (QED) is 0.861. The summed E-state index contributed by atoms with van der Waals surface area (Å²) in [6.45, 7) is 4.18. The maximum atomic E-state index is 12.0. The molecular weight excluding hydrogens is 288 g/mol. The van der Waals surface area contributed by atoms with Crippen LogP contribution in [-0.2, 0) is 16.0 Å². The summed E-state index contributed by atoms with van der Waals surface area (Å²) < 4.78 is 0. The highest BCUT2D eigenvalue weighted by Gasteiger charge is 2.08. The highest BCUT2D eigenvalue weighted by atomic mass is 16.2. The van der Waals surface area contributed by atoms with Crippen LogP contribution in [0.15, 0.2) is 54.6 Å². The summed E-state index contributed by atoms with van der Waals surface area (Å²) in [4.78, 5) is 23.0. The molecule has 2 N–H and O–H groups in total. The van der Waals surface area contributed by atoms with Crippen LogP contribution >= 0.6 is 0 Å². The number of hydrogen-bond donors (Lipinski definition) is 2. The molecule has 0 saturated carbocycles. The monoisotopic (exact) mass is 310 g/mol. The van der Waals surface area contributed by atoms with E-state index >= 15 is 0 Å². The molecule has 0 aliphatic heterocycles. The zero-order valence-electron chi connectivity index (χ0n) is 13.5. The highest BCUT2D eigenvalue weighted by molar-refractivity contribution is 5.88. The molecule has 0 aliphatic rings. The Kier molecular flexibility index (Phi) is 5.92. The lowest BCUT2D eigenvalue weighted by molar-refractivity contribution is -0.120. The summed E-state index contributed by atoms with van der Waals surface area (Å²) in [6, 6.07) is 17.4. The van der Waals surface area contributed by atoms with Crippen LogP contribution in [0.25, 0.3) is 0 Å². The van der Waals surface area contributed by atoms with Gasteiger partial charge < -0.3 is 10.6 Å². The van der Waals surface area contributed by atoms with Gasteiger partial charge in [0.05, 0.1) is 6.42 Å². The van der Waals surface area contributed by atoms with Crippen LogP contribution in [0.2, 0.25) is 0 Å². The number of rotatable bonds is 6. The maximum absolute atomic E-state index is 12.0. The van der Waals surface area contributed by atoms with E-state index in [9.17, 15) is 9.59 Å². The molecule has 2 aromatic carbocycles. The minimum absolute atomic E-state index is 0.0000539. The Bertz CT molecular complexity index is 651. The minimum Gasteiger partial charge on any atom is -0.355 e. The maximum Gasteiger partial charge on any atom is 0.224 e. The number of carbonyl (C=O) groups excluding carboxylic acids is 2. The topological polar surface area (TPSA) is 58.2 Å². The van der Waals surface area contributed by atoms with Crippen molar-refractivity contribution in [3.8, 4) is 0 Å². The van der Waals surface area contributed by atoms with Gasteiger partial charge in [-0.25, -0.2) is 0 Å². The Morgan fingerprint density at radius 2 is 1.65 bits per heavy atom. The first-order chi connectivity index (χ1) is 11.0. The fourth-order valence-electron chi connectivity index (χ4n) is 2.32. The summed E-state index contributed by atoms with van der Waals surface area (Å²) in [5.74, 6) is 0.174. The first-order valence-corrected chi connectivity index (χ1v) is 7.73. The molecule has 2 rings (SSSR count). The summed E-state index contributed by atoms with van der Waals surface area (Å²) >= 11 is 0. The molecule has 0 spiro atoms. The average Bonchev–Trinajstić information content (AvgIpc) is 2.55. The van der Waals surface area contributed by atoms with E-state index in [1.165, 1.54) is 12.5 Å². The van der Waals surface area contributed by atoms with E-state index in [4.69, 9.17) is 0 Å². The van der Waals surface area contributed by atoms with Crippen LogP contribution in [0.5, 0.6) is 0 Å². The molecule has 0 bridgehead atoms. The second-order valence-corrected chi connectivity index (χ2v) is 5.67. The van der Waals surface area contributed by atoms with Crippen LogP contribution in [-0.4, -0.2) is 18.4 Å². The number of nitrogens with one attached hydrogen (secondary N) is 2. The predicted molar refractivity (Wildman–Crippen MR) is 92.3 cm³/mol.